The van der Waals surface area contributed by atoms with Gasteiger partial charge in [-0.25, -0.2) is 4.98 Å². The minimum absolute atomic E-state index is 0.801. The van der Waals surface area contributed by atoms with Crippen LogP contribution < -0.4 is 5.32 Å². The standard InChI is InChI=1S/C23H19N3S/c1-15-5-10-21-22(13-15)27-23(26-21)16-6-8-18(9-7-16)25-14-17-3-2-4-20-19(17)11-12-24-20/h2-13,24-25H,14H2,1H3. The van der Waals surface area contributed by atoms with Crippen LogP contribution >= 0.6 is 11.3 Å². The van der Waals surface area contributed by atoms with E-state index in [-0.39, 0.29) is 0 Å². The zero-order valence-corrected chi connectivity index (χ0v) is 15.8. The number of thiazole rings is 1. The third-order valence-electron chi connectivity index (χ3n) is 4.84. The molecule has 27 heavy (non-hydrogen) atoms. The maximum Gasteiger partial charge on any atom is 0.124 e. The van der Waals surface area contributed by atoms with E-state index in [1.54, 1.807) is 11.3 Å². The van der Waals surface area contributed by atoms with Crippen molar-refractivity contribution < 1.29 is 0 Å². The third kappa shape index (κ3) is 3.09. The Balaban J connectivity index is 1.36. The van der Waals surface area contributed by atoms with Crippen LogP contribution in [0.4, 0.5) is 5.69 Å². The average Bonchev–Trinajstić information content (AvgIpc) is 3.33. The minimum atomic E-state index is 0.801. The molecular formula is C23H19N3S. The lowest BCUT2D eigenvalue weighted by molar-refractivity contribution is 1.17. The van der Waals surface area contributed by atoms with Gasteiger partial charge in [0, 0.05) is 34.9 Å². The Labute approximate surface area is 161 Å². The number of hydrogen-bond donors (Lipinski definition) is 2. The highest BCUT2D eigenvalue weighted by molar-refractivity contribution is 7.21. The molecule has 0 saturated heterocycles. The first-order valence-electron chi connectivity index (χ1n) is 9.03. The summed E-state index contributed by atoms with van der Waals surface area (Å²) in [4.78, 5) is 8.03. The van der Waals surface area contributed by atoms with Crippen molar-refractivity contribution >= 4 is 38.1 Å². The number of aryl methyl sites for hydroxylation is 1. The number of H-pyrrole nitrogens is 1. The van der Waals surface area contributed by atoms with Crippen molar-refractivity contribution in [2.45, 2.75) is 13.5 Å². The summed E-state index contributed by atoms with van der Waals surface area (Å²) >= 11 is 1.75. The molecule has 0 unspecified atom stereocenters. The van der Waals surface area contributed by atoms with Crippen LogP contribution in [0, 0.1) is 6.92 Å². The maximum absolute atomic E-state index is 4.77. The molecule has 3 nitrogen and oxygen atoms in total. The molecular weight excluding hydrogens is 350 g/mol. The number of aromatic nitrogens is 2. The zero-order chi connectivity index (χ0) is 18.2. The van der Waals surface area contributed by atoms with E-state index in [0.717, 1.165) is 28.3 Å². The van der Waals surface area contributed by atoms with Crippen molar-refractivity contribution in [1.29, 1.82) is 0 Å². The number of anilines is 1. The molecule has 3 aromatic carbocycles. The van der Waals surface area contributed by atoms with Gasteiger partial charge in [-0.05, 0) is 66.6 Å². The molecule has 2 heterocycles. The van der Waals surface area contributed by atoms with E-state index in [0.29, 0.717) is 0 Å². The van der Waals surface area contributed by atoms with Crippen LogP contribution in [0.5, 0.6) is 0 Å². The van der Waals surface area contributed by atoms with Crippen LogP contribution in [0.2, 0.25) is 0 Å². The number of nitrogens with zero attached hydrogens (tertiary/aromatic N) is 1. The Kier molecular flexibility index (Phi) is 3.91. The van der Waals surface area contributed by atoms with Crippen molar-refractivity contribution in [2.24, 2.45) is 0 Å². The topological polar surface area (TPSA) is 40.7 Å². The molecule has 0 saturated carbocycles. The van der Waals surface area contributed by atoms with Crippen molar-refractivity contribution in [3.63, 3.8) is 0 Å². The highest BCUT2D eigenvalue weighted by Crippen LogP contribution is 2.31. The molecule has 0 fully saturated rings. The highest BCUT2D eigenvalue weighted by Gasteiger charge is 2.07. The second-order valence-electron chi connectivity index (χ2n) is 6.78. The van der Waals surface area contributed by atoms with E-state index < -0.39 is 0 Å². The lowest BCUT2D eigenvalue weighted by Gasteiger charge is -2.08. The number of rotatable bonds is 4. The molecule has 0 atom stereocenters. The highest BCUT2D eigenvalue weighted by atomic mass is 32.1. The predicted molar refractivity (Wildman–Crippen MR) is 115 cm³/mol. The number of hydrogen-bond acceptors (Lipinski definition) is 3. The fourth-order valence-electron chi connectivity index (χ4n) is 3.39. The summed E-state index contributed by atoms with van der Waals surface area (Å²) in [5.74, 6) is 0. The normalized spacial score (nSPS) is 11.3. The summed E-state index contributed by atoms with van der Waals surface area (Å²) in [6.07, 6.45) is 1.99. The average molecular weight is 369 g/mol. The molecule has 0 aliphatic heterocycles. The molecule has 0 amide bonds. The second kappa shape index (κ2) is 6.56. The fourth-order valence-corrected chi connectivity index (χ4v) is 4.46. The van der Waals surface area contributed by atoms with Crippen LogP contribution in [0.1, 0.15) is 11.1 Å². The molecule has 0 radical (unpaired) electrons. The Bertz CT molecular complexity index is 1230. The molecule has 2 N–H and O–H groups in total. The molecule has 5 aromatic rings. The Morgan fingerprint density at radius 2 is 1.89 bits per heavy atom. The van der Waals surface area contributed by atoms with Gasteiger partial charge in [0.1, 0.15) is 5.01 Å². The van der Waals surface area contributed by atoms with Crippen LogP contribution in [0.15, 0.2) is 72.9 Å². The van der Waals surface area contributed by atoms with E-state index in [1.807, 2.05) is 6.20 Å². The van der Waals surface area contributed by atoms with Crippen LogP contribution in [-0.2, 0) is 6.54 Å². The van der Waals surface area contributed by atoms with Gasteiger partial charge in [-0.15, -0.1) is 11.3 Å². The van der Waals surface area contributed by atoms with Gasteiger partial charge in [0.2, 0.25) is 0 Å². The van der Waals surface area contributed by atoms with Gasteiger partial charge in [-0.2, -0.15) is 0 Å². The van der Waals surface area contributed by atoms with Crippen molar-refractivity contribution in [1.82, 2.24) is 9.97 Å². The van der Waals surface area contributed by atoms with Gasteiger partial charge in [-0.3, -0.25) is 0 Å². The monoisotopic (exact) mass is 369 g/mol. The van der Waals surface area contributed by atoms with Gasteiger partial charge in [0.15, 0.2) is 0 Å². The summed E-state index contributed by atoms with van der Waals surface area (Å²) < 4.78 is 1.24. The number of fused-ring (bicyclic) bond motifs is 2. The number of aromatic amines is 1. The molecule has 0 aliphatic rings. The third-order valence-corrected chi connectivity index (χ3v) is 5.91. The fraction of sp³-hybridized carbons (Fsp3) is 0.0870. The minimum Gasteiger partial charge on any atom is -0.381 e. The van der Waals surface area contributed by atoms with Crippen molar-refractivity contribution in [3.8, 4) is 10.6 Å². The second-order valence-corrected chi connectivity index (χ2v) is 7.81. The summed E-state index contributed by atoms with van der Waals surface area (Å²) in [7, 11) is 0. The van der Waals surface area contributed by atoms with Crippen LogP contribution in [-0.4, -0.2) is 9.97 Å². The summed E-state index contributed by atoms with van der Waals surface area (Å²) in [5.41, 5.74) is 7.09. The quantitative estimate of drug-likeness (QED) is 0.387. The maximum atomic E-state index is 4.77. The van der Waals surface area contributed by atoms with Crippen molar-refractivity contribution in [2.75, 3.05) is 5.32 Å². The molecule has 0 aliphatic carbocycles. The van der Waals surface area contributed by atoms with E-state index in [2.05, 4.69) is 84.0 Å². The van der Waals surface area contributed by atoms with E-state index in [9.17, 15) is 0 Å². The molecule has 5 rings (SSSR count). The number of benzene rings is 3. The molecule has 2 aromatic heterocycles. The van der Waals surface area contributed by atoms with Gasteiger partial charge in [-0.1, -0.05) is 18.2 Å². The van der Waals surface area contributed by atoms with Gasteiger partial charge < -0.3 is 10.3 Å². The number of nitrogens with one attached hydrogen (secondary N) is 2. The first-order chi connectivity index (χ1) is 13.3. The largest absolute Gasteiger partial charge is 0.381 e. The van der Waals surface area contributed by atoms with Gasteiger partial charge in [0.25, 0.3) is 0 Å². The van der Waals surface area contributed by atoms with Crippen molar-refractivity contribution in [3.05, 3.63) is 84.1 Å². The molecule has 0 bridgehead atoms. The molecule has 4 heteroatoms. The Morgan fingerprint density at radius 1 is 1.00 bits per heavy atom. The van der Waals surface area contributed by atoms with E-state index in [4.69, 9.17) is 4.98 Å². The Hall–Kier alpha value is -3.11. The Morgan fingerprint density at radius 3 is 2.78 bits per heavy atom. The lowest BCUT2D eigenvalue weighted by atomic mass is 10.1. The summed E-state index contributed by atoms with van der Waals surface area (Å²) in [6.45, 7) is 2.92. The van der Waals surface area contributed by atoms with Gasteiger partial charge in [0.05, 0.1) is 10.2 Å². The summed E-state index contributed by atoms with van der Waals surface area (Å²) in [6, 6.07) is 23.5. The first kappa shape index (κ1) is 16.1. The van der Waals surface area contributed by atoms with E-state index in [1.165, 1.54) is 26.7 Å². The SMILES string of the molecule is Cc1ccc2nc(-c3ccc(NCc4cccc5[nH]ccc45)cc3)sc2c1. The first-order valence-corrected chi connectivity index (χ1v) is 9.84. The molecule has 132 valence electrons. The van der Waals surface area contributed by atoms with Crippen LogP contribution in [0.25, 0.3) is 31.7 Å². The van der Waals surface area contributed by atoms with Crippen LogP contribution in [0.3, 0.4) is 0 Å². The van der Waals surface area contributed by atoms with E-state index >= 15 is 0 Å². The lowest BCUT2D eigenvalue weighted by Crippen LogP contribution is -1.99. The predicted octanol–water partition coefficient (Wildman–Crippen LogP) is 6.37. The smallest absolute Gasteiger partial charge is 0.124 e. The molecule has 0 spiro atoms. The summed E-state index contributed by atoms with van der Waals surface area (Å²) in [5, 5.41) is 5.86. The zero-order valence-electron chi connectivity index (χ0n) is 15.0. The van der Waals surface area contributed by atoms with Gasteiger partial charge >= 0.3 is 0 Å².